The molecule has 0 aliphatic rings. The SMILES string of the molecule is COc1ccc(CN(C)CC(F)(F)F)cc1Cl. The van der Waals surface area contributed by atoms with Crippen LogP contribution in [-0.4, -0.2) is 31.8 Å². The van der Waals surface area contributed by atoms with Gasteiger partial charge in [-0.2, -0.15) is 13.2 Å². The molecule has 0 N–H and O–H groups in total. The zero-order chi connectivity index (χ0) is 13.1. The molecule has 1 aromatic rings. The Morgan fingerprint density at radius 1 is 1.35 bits per heavy atom. The quantitative estimate of drug-likeness (QED) is 0.830. The van der Waals surface area contributed by atoms with Gasteiger partial charge in [0.15, 0.2) is 0 Å². The molecule has 96 valence electrons. The molecule has 0 radical (unpaired) electrons. The largest absolute Gasteiger partial charge is 0.495 e. The maximum atomic E-state index is 12.1. The van der Waals surface area contributed by atoms with E-state index in [1.165, 1.54) is 19.1 Å². The number of alkyl halides is 3. The molecule has 0 saturated heterocycles. The van der Waals surface area contributed by atoms with Gasteiger partial charge in [0.1, 0.15) is 5.75 Å². The van der Waals surface area contributed by atoms with E-state index in [0.29, 0.717) is 16.3 Å². The number of benzene rings is 1. The summed E-state index contributed by atoms with van der Waals surface area (Å²) < 4.78 is 41.3. The number of hydrogen-bond acceptors (Lipinski definition) is 2. The fraction of sp³-hybridized carbons (Fsp3) is 0.455. The molecule has 2 nitrogen and oxygen atoms in total. The van der Waals surface area contributed by atoms with E-state index in [-0.39, 0.29) is 6.54 Å². The highest BCUT2D eigenvalue weighted by Crippen LogP contribution is 2.25. The fourth-order valence-electron chi connectivity index (χ4n) is 1.48. The topological polar surface area (TPSA) is 12.5 Å². The summed E-state index contributed by atoms with van der Waals surface area (Å²) in [7, 11) is 2.89. The molecule has 0 aliphatic heterocycles. The summed E-state index contributed by atoms with van der Waals surface area (Å²) in [6.45, 7) is -0.764. The summed E-state index contributed by atoms with van der Waals surface area (Å²) >= 11 is 5.88. The number of halogens is 4. The second kappa shape index (κ2) is 5.60. The third-order valence-corrected chi connectivity index (χ3v) is 2.41. The minimum Gasteiger partial charge on any atom is -0.495 e. The molecule has 17 heavy (non-hydrogen) atoms. The minimum absolute atomic E-state index is 0.184. The first-order valence-electron chi connectivity index (χ1n) is 4.89. The molecule has 0 saturated carbocycles. The highest BCUT2D eigenvalue weighted by atomic mass is 35.5. The lowest BCUT2D eigenvalue weighted by molar-refractivity contribution is -0.144. The van der Waals surface area contributed by atoms with Gasteiger partial charge in [0, 0.05) is 6.54 Å². The van der Waals surface area contributed by atoms with Crippen LogP contribution in [0.5, 0.6) is 5.75 Å². The average molecular weight is 268 g/mol. The first-order valence-corrected chi connectivity index (χ1v) is 5.27. The van der Waals surface area contributed by atoms with E-state index in [4.69, 9.17) is 16.3 Å². The molecule has 0 aliphatic carbocycles. The van der Waals surface area contributed by atoms with Crippen molar-refractivity contribution >= 4 is 11.6 Å². The van der Waals surface area contributed by atoms with Gasteiger partial charge < -0.3 is 4.74 Å². The molecule has 0 bridgehead atoms. The van der Waals surface area contributed by atoms with Crippen LogP contribution in [0.3, 0.4) is 0 Å². The first kappa shape index (κ1) is 14.1. The van der Waals surface area contributed by atoms with E-state index in [2.05, 4.69) is 0 Å². The van der Waals surface area contributed by atoms with Crippen molar-refractivity contribution in [3.63, 3.8) is 0 Å². The normalized spacial score (nSPS) is 11.9. The molecule has 1 aromatic carbocycles. The Labute approximate surface area is 103 Å². The van der Waals surface area contributed by atoms with Gasteiger partial charge in [-0.1, -0.05) is 17.7 Å². The smallest absolute Gasteiger partial charge is 0.401 e. The summed E-state index contributed by atoms with van der Waals surface area (Å²) in [5.41, 5.74) is 0.711. The summed E-state index contributed by atoms with van der Waals surface area (Å²) in [6, 6.07) is 4.93. The fourth-order valence-corrected chi connectivity index (χ4v) is 1.76. The summed E-state index contributed by atoms with van der Waals surface area (Å²) in [5, 5.41) is 0.394. The van der Waals surface area contributed by atoms with E-state index in [1.807, 2.05) is 0 Å². The van der Waals surface area contributed by atoms with E-state index in [9.17, 15) is 13.2 Å². The van der Waals surface area contributed by atoms with Crippen LogP contribution in [0.4, 0.5) is 13.2 Å². The lowest BCUT2D eigenvalue weighted by Crippen LogP contribution is -2.30. The van der Waals surface area contributed by atoms with Crippen LogP contribution in [0.15, 0.2) is 18.2 Å². The van der Waals surface area contributed by atoms with Crippen LogP contribution in [0.25, 0.3) is 0 Å². The molecule has 0 fully saturated rings. The minimum atomic E-state index is -4.19. The summed E-state index contributed by atoms with van der Waals surface area (Å²) in [6.07, 6.45) is -4.19. The van der Waals surface area contributed by atoms with Crippen molar-refractivity contribution in [2.24, 2.45) is 0 Å². The Bertz CT molecular complexity index is 381. The molecule has 0 unspecified atom stereocenters. The lowest BCUT2D eigenvalue weighted by atomic mass is 10.2. The third kappa shape index (κ3) is 4.83. The van der Waals surface area contributed by atoms with Crippen LogP contribution in [0, 0.1) is 0 Å². The molecule has 0 aromatic heterocycles. The van der Waals surface area contributed by atoms with Gasteiger partial charge in [0.2, 0.25) is 0 Å². The van der Waals surface area contributed by atoms with E-state index in [0.717, 1.165) is 0 Å². The zero-order valence-electron chi connectivity index (χ0n) is 9.51. The van der Waals surface area contributed by atoms with E-state index in [1.54, 1.807) is 18.2 Å². The van der Waals surface area contributed by atoms with E-state index >= 15 is 0 Å². The van der Waals surface area contributed by atoms with Gasteiger partial charge in [-0.3, -0.25) is 4.90 Å². The van der Waals surface area contributed by atoms with Crippen LogP contribution >= 0.6 is 11.6 Å². The number of hydrogen-bond donors (Lipinski definition) is 0. The van der Waals surface area contributed by atoms with Gasteiger partial charge >= 0.3 is 6.18 Å². The van der Waals surface area contributed by atoms with Gasteiger partial charge in [0.25, 0.3) is 0 Å². The van der Waals surface area contributed by atoms with Crippen LogP contribution < -0.4 is 4.74 Å². The van der Waals surface area contributed by atoms with E-state index < -0.39 is 12.7 Å². The van der Waals surface area contributed by atoms with Crippen molar-refractivity contribution in [1.82, 2.24) is 4.90 Å². The number of rotatable bonds is 4. The Morgan fingerprint density at radius 3 is 2.47 bits per heavy atom. The zero-order valence-corrected chi connectivity index (χ0v) is 10.3. The summed E-state index contributed by atoms with van der Waals surface area (Å²) in [4.78, 5) is 1.18. The standard InChI is InChI=1S/C11H13ClF3NO/c1-16(7-11(13,14)15)6-8-3-4-10(17-2)9(12)5-8/h3-5H,6-7H2,1-2H3. The van der Waals surface area contributed by atoms with Crippen LogP contribution in [0.1, 0.15) is 5.56 Å². The maximum Gasteiger partial charge on any atom is 0.401 e. The van der Waals surface area contributed by atoms with Crippen molar-refractivity contribution < 1.29 is 17.9 Å². The maximum absolute atomic E-state index is 12.1. The molecular weight excluding hydrogens is 255 g/mol. The first-order chi connectivity index (χ1) is 7.81. The molecule has 0 amide bonds. The molecule has 0 heterocycles. The van der Waals surface area contributed by atoms with Crippen LogP contribution in [0.2, 0.25) is 5.02 Å². The average Bonchev–Trinajstić information content (AvgIpc) is 2.14. The highest BCUT2D eigenvalue weighted by molar-refractivity contribution is 6.32. The summed E-state index contributed by atoms with van der Waals surface area (Å²) in [5.74, 6) is 0.508. The second-order valence-corrected chi connectivity index (χ2v) is 4.16. The highest BCUT2D eigenvalue weighted by Gasteiger charge is 2.29. The number of ether oxygens (including phenoxy) is 1. The Hall–Kier alpha value is -0.940. The van der Waals surface area contributed by atoms with Crippen molar-refractivity contribution in [3.05, 3.63) is 28.8 Å². The van der Waals surface area contributed by atoms with Crippen molar-refractivity contribution in [2.45, 2.75) is 12.7 Å². The van der Waals surface area contributed by atoms with Crippen molar-refractivity contribution in [2.75, 3.05) is 20.7 Å². The van der Waals surface area contributed by atoms with Crippen molar-refractivity contribution in [3.8, 4) is 5.75 Å². The number of methoxy groups -OCH3 is 1. The van der Waals surface area contributed by atoms with Gasteiger partial charge in [-0.25, -0.2) is 0 Å². The molecular formula is C11H13ClF3NO. The molecule has 0 spiro atoms. The second-order valence-electron chi connectivity index (χ2n) is 3.76. The van der Waals surface area contributed by atoms with Crippen molar-refractivity contribution in [1.29, 1.82) is 0 Å². The Morgan fingerprint density at radius 2 is 2.00 bits per heavy atom. The molecule has 1 rings (SSSR count). The van der Waals surface area contributed by atoms with Crippen LogP contribution in [-0.2, 0) is 6.54 Å². The predicted molar refractivity (Wildman–Crippen MR) is 60.4 cm³/mol. The lowest BCUT2D eigenvalue weighted by Gasteiger charge is -2.18. The Kier molecular flexibility index (Phi) is 4.65. The predicted octanol–water partition coefficient (Wildman–Crippen LogP) is 3.34. The molecule has 6 heteroatoms. The third-order valence-electron chi connectivity index (χ3n) is 2.12. The number of nitrogens with zero attached hydrogens (tertiary/aromatic N) is 1. The Balaban J connectivity index is 2.66. The van der Waals surface area contributed by atoms with Gasteiger partial charge in [-0.05, 0) is 24.7 Å². The van der Waals surface area contributed by atoms with Gasteiger partial charge in [-0.15, -0.1) is 0 Å². The monoisotopic (exact) mass is 267 g/mol. The molecule has 0 atom stereocenters. The van der Waals surface area contributed by atoms with Gasteiger partial charge in [0.05, 0.1) is 18.7 Å².